The summed E-state index contributed by atoms with van der Waals surface area (Å²) in [5, 5.41) is 3.64. The Hall–Kier alpha value is -0.820. The summed E-state index contributed by atoms with van der Waals surface area (Å²) in [5.74, 6) is 0. The maximum atomic E-state index is 3.64. The summed E-state index contributed by atoms with van der Waals surface area (Å²) in [6.45, 7) is 8.44. The summed E-state index contributed by atoms with van der Waals surface area (Å²) in [6, 6.07) is 10.00. The molecule has 0 radical (unpaired) electrons. The summed E-state index contributed by atoms with van der Waals surface area (Å²) >= 11 is 0. The first-order valence-corrected chi connectivity index (χ1v) is 6.61. The molecule has 1 aliphatic carbocycles. The van der Waals surface area contributed by atoms with Crippen LogP contribution in [0.4, 0.5) is 0 Å². The lowest BCUT2D eigenvalue weighted by molar-refractivity contribution is 0.423. The lowest BCUT2D eigenvalue weighted by Gasteiger charge is -2.28. The normalized spacial score (nSPS) is 18.7. The molecule has 1 unspecified atom stereocenters. The average Bonchev–Trinajstić information content (AvgIpc) is 2.31. The van der Waals surface area contributed by atoms with Gasteiger partial charge >= 0.3 is 0 Å². The van der Waals surface area contributed by atoms with Crippen molar-refractivity contribution < 1.29 is 0 Å². The highest BCUT2D eigenvalue weighted by Gasteiger charge is 2.19. The van der Waals surface area contributed by atoms with Crippen LogP contribution >= 0.6 is 0 Å². The summed E-state index contributed by atoms with van der Waals surface area (Å²) < 4.78 is 0. The van der Waals surface area contributed by atoms with Crippen molar-refractivity contribution in [1.82, 2.24) is 5.32 Å². The first-order valence-electron chi connectivity index (χ1n) is 6.61. The number of nitrogens with one attached hydrogen (secondary N) is 1. The zero-order valence-electron chi connectivity index (χ0n) is 11.1. The number of hydrogen-bond acceptors (Lipinski definition) is 1. The van der Waals surface area contributed by atoms with Gasteiger partial charge in [0, 0.05) is 12.1 Å². The van der Waals surface area contributed by atoms with Crippen LogP contribution in [0.15, 0.2) is 24.3 Å². The highest BCUT2D eigenvalue weighted by Crippen LogP contribution is 2.29. The molecule has 1 aliphatic rings. The van der Waals surface area contributed by atoms with Gasteiger partial charge in [0.2, 0.25) is 0 Å². The highest BCUT2D eigenvalue weighted by molar-refractivity contribution is 5.32. The fourth-order valence-corrected chi connectivity index (χ4v) is 2.33. The third kappa shape index (κ3) is 3.34. The molecule has 0 bridgehead atoms. The minimum atomic E-state index is 0.575. The second-order valence-corrected chi connectivity index (χ2v) is 4.46. The molecule has 0 aromatic heterocycles. The third-order valence-electron chi connectivity index (χ3n) is 2.90. The van der Waals surface area contributed by atoms with Gasteiger partial charge < -0.3 is 5.32 Å². The Morgan fingerprint density at radius 1 is 1.19 bits per heavy atom. The van der Waals surface area contributed by atoms with Crippen molar-refractivity contribution in [3.63, 3.8) is 0 Å². The van der Waals surface area contributed by atoms with Crippen LogP contribution < -0.4 is 5.32 Å². The highest BCUT2D eigenvalue weighted by atomic mass is 14.9. The lowest BCUT2D eigenvalue weighted by Crippen LogP contribution is -2.30. The van der Waals surface area contributed by atoms with Crippen LogP contribution in [0.2, 0.25) is 0 Å². The first-order chi connectivity index (χ1) is 7.77. The Morgan fingerprint density at radius 2 is 1.88 bits per heavy atom. The molecule has 0 aliphatic heterocycles. The number of hydrogen-bond donors (Lipinski definition) is 1. The van der Waals surface area contributed by atoms with Crippen LogP contribution in [-0.2, 0) is 6.42 Å². The molecule has 1 N–H and O–H groups in total. The Labute approximate surface area is 100 Å². The molecular weight excluding hydrogens is 194 g/mol. The molecule has 1 aromatic carbocycles. The number of aryl methyl sites for hydroxylation is 1. The molecule has 1 atom stereocenters. The van der Waals surface area contributed by atoms with Crippen molar-refractivity contribution in [2.45, 2.75) is 59.0 Å². The van der Waals surface area contributed by atoms with E-state index in [1.165, 1.54) is 30.4 Å². The third-order valence-corrected chi connectivity index (χ3v) is 2.90. The molecule has 0 fully saturated rings. The summed E-state index contributed by atoms with van der Waals surface area (Å²) in [6.07, 6.45) is 3.86. The number of benzene rings is 1. The maximum absolute atomic E-state index is 3.64. The Balaban J connectivity index is 0.000000606. The molecule has 2 rings (SSSR count). The Kier molecular flexibility index (Phi) is 5.54. The monoisotopic (exact) mass is 219 g/mol. The van der Waals surface area contributed by atoms with Gasteiger partial charge in [-0.25, -0.2) is 0 Å². The van der Waals surface area contributed by atoms with Gasteiger partial charge in [0.25, 0.3) is 0 Å². The predicted molar refractivity (Wildman–Crippen MR) is 71.7 cm³/mol. The molecule has 16 heavy (non-hydrogen) atoms. The summed E-state index contributed by atoms with van der Waals surface area (Å²) in [7, 11) is 0. The summed E-state index contributed by atoms with van der Waals surface area (Å²) in [5.41, 5.74) is 3.06. The van der Waals surface area contributed by atoms with Gasteiger partial charge in [0.15, 0.2) is 0 Å². The maximum Gasteiger partial charge on any atom is 0.0325 e. The first kappa shape index (κ1) is 13.2. The molecule has 0 saturated heterocycles. The van der Waals surface area contributed by atoms with Crippen LogP contribution in [0.5, 0.6) is 0 Å². The van der Waals surface area contributed by atoms with E-state index in [-0.39, 0.29) is 0 Å². The topological polar surface area (TPSA) is 12.0 Å². The van der Waals surface area contributed by atoms with E-state index in [9.17, 15) is 0 Å². The van der Waals surface area contributed by atoms with E-state index in [0.29, 0.717) is 12.1 Å². The number of fused-ring (bicyclic) bond motifs is 1. The van der Waals surface area contributed by atoms with Gasteiger partial charge in [0.1, 0.15) is 0 Å². The molecule has 0 spiro atoms. The second kappa shape index (κ2) is 6.70. The SMILES string of the molecule is CC.CC(C)NC1CCCc2ccccc21. The van der Waals surface area contributed by atoms with E-state index in [1.54, 1.807) is 0 Å². The quantitative estimate of drug-likeness (QED) is 0.790. The molecule has 0 saturated carbocycles. The standard InChI is InChI=1S/C13H19N.C2H6/c1-10(2)14-13-9-5-7-11-6-3-4-8-12(11)13;1-2/h3-4,6,8,10,13-14H,5,7,9H2,1-2H3;1-2H3. The van der Waals surface area contributed by atoms with Crippen molar-refractivity contribution >= 4 is 0 Å². The van der Waals surface area contributed by atoms with Gasteiger partial charge in [-0.05, 0) is 30.4 Å². The van der Waals surface area contributed by atoms with Gasteiger partial charge in [-0.15, -0.1) is 0 Å². The van der Waals surface area contributed by atoms with Crippen molar-refractivity contribution in [2.75, 3.05) is 0 Å². The van der Waals surface area contributed by atoms with Gasteiger partial charge in [-0.3, -0.25) is 0 Å². The van der Waals surface area contributed by atoms with E-state index in [4.69, 9.17) is 0 Å². The van der Waals surface area contributed by atoms with Crippen molar-refractivity contribution in [2.24, 2.45) is 0 Å². The van der Waals surface area contributed by atoms with E-state index >= 15 is 0 Å². The van der Waals surface area contributed by atoms with Crippen LogP contribution in [-0.4, -0.2) is 6.04 Å². The molecule has 0 heterocycles. The lowest BCUT2D eigenvalue weighted by atomic mass is 9.87. The fraction of sp³-hybridized carbons (Fsp3) is 0.600. The molecule has 1 heteroatoms. The van der Waals surface area contributed by atoms with E-state index < -0.39 is 0 Å². The van der Waals surface area contributed by atoms with Gasteiger partial charge in [0.05, 0.1) is 0 Å². The van der Waals surface area contributed by atoms with E-state index in [1.807, 2.05) is 13.8 Å². The van der Waals surface area contributed by atoms with Crippen LogP contribution in [0.1, 0.15) is 57.7 Å². The minimum Gasteiger partial charge on any atom is -0.308 e. The summed E-state index contributed by atoms with van der Waals surface area (Å²) in [4.78, 5) is 0. The zero-order valence-corrected chi connectivity index (χ0v) is 11.1. The number of rotatable bonds is 2. The van der Waals surface area contributed by atoms with Crippen molar-refractivity contribution in [1.29, 1.82) is 0 Å². The molecule has 1 aromatic rings. The second-order valence-electron chi connectivity index (χ2n) is 4.46. The molecule has 90 valence electrons. The predicted octanol–water partition coefficient (Wildman–Crippen LogP) is 4.09. The smallest absolute Gasteiger partial charge is 0.0325 e. The Bertz CT molecular complexity index is 304. The van der Waals surface area contributed by atoms with Crippen molar-refractivity contribution in [3.05, 3.63) is 35.4 Å². The van der Waals surface area contributed by atoms with E-state index in [0.717, 1.165) is 0 Å². The van der Waals surface area contributed by atoms with Gasteiger partial charge in [-0.1, -0.05) is 52.0 Å². The fourth-order valence-electron chi connectivity index (χ4n) is 2.33. The van der Waals surface area contributed by atoms with Crippen molar-refractivity contribution in [3.8, 4) is 0 Å². The van der Waals surface area contributed by atoms with Crippen LogP contribution in [0.25, 0.3) is 0 Å². The van der Waals surface area contributed by atoms with Crippen LogP contribution in [0, 0.1) is 0 Å². The average molecular weight is 219 g/mol. The largest absolute Gasteiger partial charge is 0.308 e. The van der Waals surface area contributed by atoms with E-state index in [2.05, 4.69) is 43.4 Å². The molecule has 1 nitrogen and oxygen atoms in total. The molecular formula is C15H25N. The zero-order chi connectivity index (χ0) is 12.0. The van der Waals surface area contributed by atoms with Crippen LogP contribution in [0.3, 0.4) is 0 Å². The molecule has 0 amide bonds. The van der Waals surface area contributed by atoms with Gasteiger partial charge in [-0.2, -0.15) is 0 Å². The Morgan fingerprint density at radius 3 is 2.56 bits per heavy atom. The minimum absolute atomic E-state index is 0.575.